The third-order valence-corrected chi connectivity index (χ3v) is 6.14. The fourth-order valence-corrected chi connectivity index (χ4v) is 4.43. The molecule has 1 unspecified atom stereocenters. The molecule has 1 aliphatic heterocycles. The van der Waals surface area contributed by atoms with E-state index in [1.807, 2.05) is 28.5 Å². The Morgan fingerprint density at radius 3 is 2.78 bits per heavy atom. The van der Waals surface area contributed by atoms with Crippen LogP contribution in [0.5, 0.6) is 0 Å². The van der Waals surface area contributed by atoms with Crippen molar-refractivity contribution in [1.82, 2.24) is 24.5 Å². The molecular formula is C19H23N5O2S. The Labute approximate surface area is 161 Å². The zero-order valence-corrected chi connectivity index (χ0v) is 16.3. The van der Waals surface area contributed by atoms with Crippen molar-refractivity contribution in [3.05, 3.63) is 46.2 Å². The van der Waals surface area contributed by atoms with Gasteiger partial charge in [-0.05, 0) is 42.2 Å². The van der Waals surface area contributed by atoms with Gasteiger partial charge in [-0.3, -0.25) is 4.79 Å². The number of aromatic nitrogens is 4. The Bertz CT molecular complexity index is 929. The predicted octanol–water partition coefficient (Wildman–Crippen LogP) is 2.90. The Hall–Kier alpha value is -2.32. The molecular weight excluding hydrogens is 362 g/mol. The summed E-state index contributed by atoms with van der Waals surface area (Å²) in [5.41, 5.74) is 1.33. The maximum absolute atomic E-state index is 13.0. The summed E-state index contributed by atoms with van der Waals surface area (Å²) in [5.74, 6) is 0.764. The highest BCUT2D eigenvalue weighted by molar-refractivity contribution is 7.10. The molecule has 3 aromatic heterocycles. The molecule has 1 saturated heterocycles. The second-order valence-corrected chi connectivity index (χ2v) is 8.26. The Balaban J connectivity index is 1.49. The van der Waals surface area contributed by atoms with E-state index in [9.17, 15) is 9.90 Å². The first-order chi connectivity index (χ1) is 13.0. The van der Waals surface area contributed by atoms with Crippen LogP contribution in [0.2, 0.25) is 0 Å². The lowest BCUT2D eigenvalue weighted by Gasteiger charge is -2.33. The molecule has 1 atom stereocenters. The summed E-state index contributed by atoms with van der Waals surface area (Å²) in [7, 11) is 0. The minimum atomic E-state index is -0.444. The molecule has 0 saturated carbocycles. The van der Waals surface area contributed by atoms with E-state index in [0.717, 1.165) is 23.4 Å². The quantitative estimate of drug-likeness (QED) is 0.747. The van der Waals surface area contributed by atoms with Crippen LogP contribution in [0, 0.1) is 5.92 Å². The van der Waals surface area contributed by atoms with Gasteiger partial charge in [-0.1, -0.05) is 19.9 Å². The van der Waals surface area contributed by atoms with Gasteiger partial charge < -0.3 is 10.0 Å². The molecule has 1 N–H and O–H groups in total. The SMILES string of the molecule is CC(C)c1cc(C(=O)N2CCC(C(O)c3cccs3)CC2)nc2ncnn12. The average Bonchev–Trinajstić information content (AvgIpc) is 3.37. The number of piperidine rings is 1. The third kappa shape index (κ3) is 3.46. The van der Waals surface area contributed by atoms with E-state index in [1.165, 1.54) is 6.33 Å². The smallest absolute Gasteiger partial charge is 0.272 e. The number of rotatable bonds is 4. The van der Waals surface area contributed by atoms with Crippen molar-refractivity contribution >= 4 is 23.0 Å². The number of thiophene rings is 1. The summed E-state index contributed by atoms with van der Waals surface area (Å²) in [6, 6.07) is 5.75. The van der Waals surface area contributed by atoms with Crippen LogP contribution >= 0.6 is 11.3 Å². The van der Waals surface area contributed by atoms with Crippen LogP contribution in [0.3, 0.4) is 0 Å². The van der Waals surface area contributed by atoms with Gasteiger partial charge in [0.2, 0.25) is 0 Å². The van der Waals surface area contributed by atoms with Crippen LogP contribution in [0.1, 0.15) is 59.8 Å². The molecule has 0 bridgehead atoms. The maximum atomic E-state index is 13.0. The molecule has 142 valence electrons. The van der Waals surface area contributed by atoms with E-state index in [1.54, 1.807) is 15.9 Å². The third-order valence-electron chi connectivity index (χ3n) is 5.20. The highest BCUT2D eigenvalue weighted by Gasteiger charge is 2.30. The summed E-state index contributed by atoms with van der Waals surface area (Å²) < 4.78 is 1.69. The molecule has 27 heavy (non-hydrogen) atoms. The van der Waals surface area contributed by atoms with E-state index in [-0.39, 0.29) is 17.7 Å². The summed E-state index contributed by atoms with van der Waals surface area (Å²) in [6.45, 7) is 5.37. The number of fused-ring (bicyclic) bond motifs is 1. The average molecular weight is 385 g/mol. The molecule has 1 amide bonds. The second kappa shape index (κ2) is 7.36. The van der Waals surface area contributed by atoms with Gasteiger partial charge in [-0.2, -0.15) is 10.1 Å². The van der Waals surface area contributed by atoms with Gasteiger partial charge in [0.05, 0.1) is 11.8 Å². The summed E-state index contributed by atoms with van der Waals surface area (Å²) in [6.07, 6.45) is 2.59. The van der Waals surface area contributed by atoms with Crippen molar-refractivity contribution in [3.63, 3.8) is 0 Å². The Morgan fingerprint density at radius 1 is 1.33 bits per heavy atom. The van der Waals surface area contributed by atoms with E-state index in [4.69, 9.17) is 0 Å². The first kappa shape index (κ1) is 18.1. The number of aliphatic hydroxyl groups is 1. The van der Waals surface area contributed by atoms with Crippen LogP contribution in [0.15, 0.2) is 29.9 Å². The highest BCUT2D eigenvalue weighted by atomic mass is 32.1. The van der Waals surface area contributed by atoms with E-state index >= 15 is 0 Å². The van der Waals surface area contributed by atoms with Crippen molar-refractivity contribution in [2.75, 3.05) is 13.1 Å². The van der Waals surface area contributed by atoms with Gasteiger partial charge >= 0.3 is 0 Å². The molecule has 1 aliphatic rings. The summed E-state index contributed by atoms with van der Waals surface area (Å²) in [5, 5.41) is 16.7. The van der Waals surface area contributed by atoms with Crippen LogP contribution < -0.4 is 0 Å². The van der Waals surface area contributed by atoms with Crippen LogP contribution in [0.4, 0.5) is 0 Å². The molecule has 7 nitrogen and oxygen atoms in total. The molecule has 3 aromatic rings. The van der Waals surface area contributed by atoms with E-state index < -0.39 is 6.10 Å². The number of nitrogens with zero attached hydrogens (tertiary/aromatic N) is 5. The van der Waals surface area contributed by atoms with Gasteiger partial charge in [-0.25, -0.2) is 9.50 Å². The molecule has 8 heteroatoms. The molecule has 0 spiro atoms. The van der Waals surface area contributed by atoms with Crippen LogP contribution in [-0.4, -0.2) is 48.6 Å². The summed E-state index contributed by atoms with van der Waals surface area (Å²) in [4.78, 5) is 24.4. The lowest BCUT2D eigenvalue weighted by Crippen LogP contribution is -2.40. The number of carbonyl (C=O) groups is 1. The number of carbonyl (C=O) groups excluding carboxylic acids is 1. The number of amides is 1. The van der Waals surface area contributed by atoms with Crippen LogP contribution in [-0.2, 0) is 0 Å². The van der Waals surface area contributed by atoms with Crippen molar-refractivity contribution in [2.45, 2.75) is 38.7 Å². The van der Waals surface area contributed by atoms with Gasteiger partial charge in [0.15, 0.2) is 0 Å². The number of likely N-dealkylation sites (tertiary alicyclic amines) is 1. The molecule has 4 heterocycles. The van der Waals surface area contributed by atoms with Gasteiger partial charge in [0, 0.05) is 18.0 Å². The molecule has 0 radical (unpaired) electrons. The van der Waals surface area contributed by atoms with Crippen LogP contribution in [0.25, 0.3) is 5.78 Å². The largest absolute Gasteiger partial charge is 0.387 e. The monoisotopic (exact) mass is 385 g/mol. The number of hydrogen-bond donors (Lipinski definition) is 1. The first-order valence-electron chi connectivity index (χ1n) is 9.26. The molecule has 4 rings (SSSR count). The number of aliphatic hydroxyl groups excluding tert-OH is 1. The molecule has 0 aliphatic carbocycles. The second-order valence-electron chi connectivity index (χ2n) is 7.28. The topological polar surface area (TPSA) is 83.6 Å². The van der Waals surface area contributed by atoms with Crippen molar-refractivity contribution in [2.24, 2.45) is 5.92 Å². The van der Waals surface area contributed by atoms with Crippen molar-refractivity contribution in [3.8, 4) is 0 Å². The molecule has 1 fully saturated rings. The standard InChI is InChI=1S/C19H23N5O2S/c1-12(2)15-10-14(22-19-20-11-21-24(15)19)18(26)23-7-5-13(6-8-23)17(25)16-4-3-9-27-16/h3-4,9-13,17,25H,5-8H2,1-2H3. The Morgan fingerprint density at radius 2 is 2.11 bits per heavy atom. The lowest BCUT2D eigenvalue weighted by atomic mass is 9.90. The van der Waals surface area contributed by atoms with E-state index in [0.29, 0.717) is 24.6 Å². The minimum absolute atomic E-state index is 0.0773. The Kier molecular flexibility index (Phi) is 4.92. The lowest BCUT2D eigenvalue weighted by molar-refractivity contribution is 0.0470. The van der Waals surface area contributed by atoms with E-state index in [2.05, 4.69) is 28.9 Å². The van der Waals surface area contributed by atoms with Gasteiger partial charge in [-0.15, -0.1) is 11.3 Å². The first-order valence-corrected chi connectivity index (χ1v) is 10.1. The van der Waals surface area contributed by atoms with Gasteiger partial charge in [0.1, 0.15) is 12.0 Å². The predicted molar refractivity (Wildman–Crippen MR) is 103 cm³/mol. The fourth-order valence-electron chi connectivity index (χ4n) is 3.63. The maximum Gasteiger partial charge on any atom is 0.272 e. The molecule has 0 aromatic carbocycles. The zero-order valence-electron chi connectivity index (χ0n) is 15.4. The van der Waals surface area contributed by atoms with Crippen molar-refractivity contribution in [1.29, 1.82) is 0 Å². The fraction of sp³-hybridized carbons (Fsp3) is 0.474. The number of hydrogen-bond acceptors (Lipinski definition) is 6. The van der Waals surface area contributed by atoms with Crippen molar-refractivity contribution < 1.29 is 9.90 Å². The zero-order chi connectivity index (χ0) is 19.0. The van der Waals surface area contributed by atoms with Gasteiger partial charge in [0.25, 0.3) is 11.7 Å². The normalized spacial score (nSPS) is 17.0. The summed E-state index contributed by atoms with van der Waals surface area (Å²) >= 11 is 1.58. The minimum Gasteiger partial charge on any atom is -0.387 e. The highest BCUT2D eigenvalue weighted by Crippen LogP contribution is 2.33.